The van der Waals surface area contributed by atoms with E-state index in [1.165, 1.54) is 17.0 Å². The van der Waals surface area contributed by atoms with Gasteiger partial charge in [0.05, 0.1) is 5.69 Å². The highest BCUT2D eigenvalue weighted by atomic mass is 32.1. The molecule has 0 aliphatic heterocycles. The van der Waals surface area contributed by atoms with Gasteiger partial charge in [0.15, 0.2) is 5.13 Å². The molecule has 0 bridgehead atoms. The minimum atomic E-state index is 1.04. The van der Waals surface area contributed by atoms with Crippen LogP contribution in [0.5, 0.6) is 0 Å². The molecule has 3 rings (SSSR count). The average Bonchev–Trinajstić information content (AvgIpc) is 2.98. The Labute approximate surface area is 111 Å². The highest BCUT2D eigenvalue weighted by Crippen LogP contribution is 2.25. The SMILES string of the molecule is Cc1ccc(C)n1-c1nc(-c2ccccc2)cs1. The van der Waals surface area contributed by atoms with Crippen LogP contribution < -0.4 is 0 Å². The van der Waals surface area contributed by atoms with E-state index in [0.29, 0.717) is 0 Å². The Balaban J connectivity index is 2.05. The summed E-state index contributed by atoms with van der Waals surface area (Å²) < 4.78 is 2.19. The normalized spacial score (nSPS) is 10.8. The van der Waals surface area contributed by atoms with E-state index >= 15 is 0 Å². The lowest BCUT2D eigenvalue weighted by Crippen LogP contribution is -1.97. The van der Waals surface area contributed by atoms with Gasteiger partial charge in [-0.1, -0.05) is 30.3 Å². The third-order valence-electron chi connectivity index (χ3n) is 3.02. The number of thiazole rings is 1. The third-order valence-corrected chi connectivity index (χ3v) is 3.85. The monoisotopic (exact) mass is 254 g/mol. The van der Waals surface area contributed by atoms with Crippen LogP contribution in [0.15, 0.2) is 47.8 Å². The van der Waals surface area contributed by atoms with Gasteiger partial charge in [-0.15, -0.1) is 11.3 Å². The van der Waals surface area contributed by atoms with E-state index in [-0.39, 0.29) is 0 Å². The van der Waals surface area contributed by atoms with Crippen molar-refractivity contribution < 1.29 is 0 Å². The highest BCUT2D eigenvalue weighted by Gasteiger charge is 2.09. The van der Waals surface area contributed by atoms with Crippen LogP contribution in [0.25, 0.3) is 16.4 Å². The van der Waals surface area contributed by atoms with Gasteiger partial charge in [0.25, 0.3) is 0 Å². The van der Waals surface area contributed by atoms with Crippen molar-refractivity contribution in [1.82, 2.24) is 9.55 Å². The lowest BCUT2D eigenvalue weighted by atomic mass is 10.2. The summed E-state index contributed by atoms with van der Waals surface area (Å²) in [5.74, 6) is 0. The Morgan fingerprint density at radius 3 is 2.28 bits per heavy atom. The van der Waals surface area contributed by atoms with Gasteiger partial charge in [-0.3, -0.25) is 4.57 Å². The molecule has 0 atom stereocenters. The van der Waals surface area contributed by atoms with Crippen LogP contribution in [0.2, 0.25) is 0 Å². The smallest absolute Gasteiger partial charge is 0.194 e. The highest BCUT2D eigenvalue weighted by molar-refractivity contribution is 7.12. The maximum absolute atomic E-state index is 4.73. The van der Waals surface area contributed by atoms with Crippen LogP contribution in [0.3, 0.4) is 0 Å². The minimum absolute atomic E-state index is 1.04. The van der Waals surface area contributed by atoms with Gasteiger partial charge in [0.1, 0.15) is 0 Å². The number of aryl methyl sites for hydroxylation is 2. The summed E-state index contributed by atoms with van der Waals surface area (Å²) in [6.45, 7) is 4.22. The van der Waals surface area contributed by atoms with Crippen molar-refractivity contribution in [3.8, 4) is 16.4 Å². The van der Waals surface area contributed by atoms with E-state index in [0.717, 1.165) is 10.8 Å². The third kappa shape index (κ3) is 1.87. The topological polar surface area (TPSA) is 17.8 Å². The number of hydrogen-bond donors (Lipinski definition) is 0. The molecular formula is C15H14N2S. The molecule has 0 N–H and O–H groups in total. The summed E-state index contributed by atoms with van der Waals surface area (Å²) in [7, 11) is 0. The molecule has 0 aliphatic carbocycles. The Bertz CT molecular complexity index is 645. The fourth-order valence-corrected chi connectivity index (χ4v) is 3.03. The van der Waals surface area contributed by atoms with Gasteiger partial charge in [0, 0.05) is 22.3 Å². The minimum Gasteiger partial charge on any atom is -0.295 e. The molecular weight excluding hydrogens is 240 g/mol. The summed E-state index contributed by atoms with van der Waals surface area (Å²) in [5, 5.41) is 3.15. The van der Waals surface area contributed by atoms with Crippen LogP contribution in [0, 0.1) is 13.8 Å². The van der Waals surface area contributed by atoms with Gasteiger partial charge < -0.3 is 0 Å². The standard InChI is InChI=1S/C15H14N2S/c1-11-8-9-12(2)17(11)15-16-14(10-18-15)13-6-4-3-5-7-13/h3-10H,1-2H3. The maximum Gasteiger partial charge on any atom is 0.194 e. The Hall–Kier alpha value is -1.87. The molecule has 2 aromatic heterocycles. The van der Waals surface area contributed by atoms with Crippen molar-refractivity contribution in [2.24, 2.45) is 0 Å². The number of rotatable bonds is 2. The van der Waals surface area contributed by atoms with Crippen LogP contribution in [0.1, 0.15) is 11.4 Å². The second-order valence-corrected chi connectivity index (χ2v) is 5.17. The zero-order valence-corrected chi connectivity index (χ0v) is 11.2. The van der Waals surface area contributed by atoms with Crippen molar-refractivity contribution >= 4 is 11.3 Å². The lowest BCUT2D eigenvalue weighted by Gasteiger charge is -2.03. The molecule has 3 aromatic rings. The maximum atomic E-state index is 4.73. The molecule has 0 amide bonds. The molecule has 18 heavy (non-hydrogen) atoms. The first kappa shape index (κ1) is 11.2. The average molecular weight is 254 g/mol. The second-order valence-electron chi connectivity index (χ2n) is 4.33. The predicted octanol–water partition coefficient (Wildman–Crippen LogP) is 4.22. The largest absolute Gasteiger partial charge is 0.295 e. The Morgan fingerprint density at radius 2 is 1.61 bits per heavy atom. The van der Waals surface area contributed by atoms with E-state index in [1.807, 2.05) is 18.2 Å². The number of nitrogens with zero attached hydrogens (tertiary/aromatic N) is 2. The summed E-state index contributed by atoms with van der Waals surface area (Å²) in [6.07, 6.45) is 0. The zero-order chi connectivity index (χ0) is 12.5. The first-order chi connectivity index (χ1) is 8.75. The van der Waals surface area contributed by atoms with Gasteiger partial charge in [-0.2, -0.15) is 0 Å². The van der Waals surface area contributed by atoms with Crippen molar-refractivity contribution in [2.45, 2.75) is 13.8 Å². The van der Waals surface area contributed by atoms with E-state index in [1.54, 1.807) is 11.3 Å². The molecule has 0 saturated heterocycles. The fourth-order valence-electron chi connectivity index (χ4n) is 2.08. The zero-order valence-electron chi connectivity index (χ0n) is 10.4. The molecule has 0 radical (unpaired) electrons. The Morgan fingerprint density at radius 1 is 0.944 bits per heavy atom. The molecule has 0 saturated carbocycles. The predicted molar refractivity (Wildman–Crippen MR) is 76.4 cm³/mol. The molecule has 1 aromatic carbocycles. The Kier molecular flexibility index (Phi) is 2.76. The number of aromatic nitrogens is 2. The first-order valence-electron chi connectivity index (χ1n) is 5.92. The summed E-state index contributed by atoms with van der Waals surface area (Å²) in [6, 6.07) is 14.5. The van der Waals surface area contributed by atoms with Gasteiger partial charge in [-0.25, -0.2) is 4.98 Å². The van der Waals surface area contributed by atoms with Crippen LogP contribution in [-0.4, -0.2) is 9.55 Å². The number of hydrogen-bond acceptors (Lipinski definition) is 2. The molecule has 0 fully saturated rings. The molecule has 3 heteroatoms. The molecule has 0 unspecified atom stereocenters. The molecule has 0 spiro atoms. The molecule has 2 heterocycles. The van der Waals surface area contributed by atoms with E-state index in [4.69, 9.17) is 4.98 Å². The van der Waals surface area contributed by atoms with Crippen molar-refractivity contribution in [2.75, 3.05) is 0 Å². The molecule has 2 nitrogen and oxygen atoms in total. The van der Waals surface area contributed by atoms with Gasteiger partial charge >= 0.3 is 0 Å². The van der Waals surface area contributed by atoms with Gasteiger partial charge in [-0.05, 0) is 26.0 Å². The van der Waals surface area contributed by atoms with Gasteiger partial charge in [0.2, 0.25) is 0 Å². The lowest BCUT2D eigenvalue weighted by molar-refractivity contribution is 0.951. The summed E-state index contributed by atoms with van der Waals surface area (Å²) in [5.41, 5.74) is 4.66. The van der Waals surface area contributed by atoms with Crippen LogP contribution >= 0.6 is 11.3 Å². The van der Waals surface area contributed by atoms with E-state index < -0.39 is 0 Å². The summed E-state index contributed by atoms with van der Waals surface area (Å²) >= 11 is 1.68. The molecule has 0 aliphatic rings. The van der Waals surface area contributed by atoms with Crippen LogP contribution in [-0.2, 0) is 0 Å². The van der Waals surface area contributed by atoms with E-state index in [9.17, 15) is 0 Å². The quantitative estimate of drug-likeness (QED) is 0.669. The van der Waals surface area contributed by atoms with E-state index in [2.05, 4.69) is 48.1 Å². The van der Waals surface area contributed by atoms with Crippen molar-refractivity contribution in [1.29, 1.82) is 0 Å². The number of benzene rings is 1. The first-order valence-corrected chi connectivity index (χ1v) is 6.80. The second kappa shape index (κ2) is 4.42. The van der Waals surface area contributed by atoms with Crippen LogP contribution in [0.4, 0.5) is 0 Å². The van der Waals surface area contributed by atoms with Crippen molar-refractivity contribution in [3.05, 3.63) is 59.2 Å². The molecule has 90 valence electrons. The fraction of sp³-hybridized carbons (Fsp3) is 0.133. The van der Waals surface area contributed by atoms with Crippen molar-refractivity contribution in [3.63, 3.8) is 0 Å². The summed E-state index contributed by atoms with van der Waals surface area (Å²) in [4.78, 5) is 4.73.